The molecule has 0 aromatic carbocycles. The van der Waals surface area contributed by atoms with Crippen molar-refractivity contribution in [2.24, 2.45) is 0 Å². The number of nitrogens with one attached hydrogen (secondary N) is 2. The molecule has 0 bridgehead atoms. The molecule has 0 spiro atoms. The molecule has 0 heterocycles. The highest BCUT2D eigenvalue weighted by Gasteiger charge is 2.08. The van der Waals surface area contributed by atoms with Crippen LogP contribution in [-0.4, -0.2) is 43.3 Å². The number of imide groups is 1. The van der Waals surface area contributed by atoms with E-state index in [0.717, 1.165) is 0 Å². The number of methoxy groups -OCH3 is 1. The fourth-order valence-corrected chi connectivity index (χ4v) is 0.872. The number of urea groups is 1. The van der Waals surface area contributed by atoms with Crippen LogP contribution in [0, 0.1) is 0 Å². The minimum Gasteiger partial charge on any atom is -0.481 e. The molecule has 0 aliphatic carbocycles. The van der Waals surface area contributed by atoms with Crippen LogP contribution >= 0.6 is 0 Å². The molecule has 0 aliphatic heterocycles. The van der Waals surface area contributed by atoms with Crippen molar-refractivity contribution >= 4 is 17.9 Å². The van der Waals surface area contributed by atoms with Crippen LogP contribution in [0.1, 0.15) is 19.3 Å². The summed E-state index contributed by atoms with van der Waals surface area (Å²) in [5.41, 5.74) is 0. The third kappa shape index (κ3) is 8.95. The molecule has 0 aromatic rings. The van der Waals surface area contributed by atoms with Gasteiger partial charge < -0.3 is 15.2 Å². The number of rotatable bonds is 7. The monoisotopic (exact) mass is 232 g/mol. The Labute approximate surface area is 93.2 Å². The zero-order chi connectivity index (χ0) is 12.4. The Morgan fingerprint density at radius 2 is 1.94 bits per heavy atom. The molecule has 3 amide bonds. The van der Waals surface area contributed by atoms with Crippen molar-refractivity contribution in [2.75, 3.05) is 20.3 Å². The first kappa shape index (κ1) is 14.4. The average Bonchev–Trinajstić information content (AvgIpc) is 2.21. The van der Waals surface area contributed by atoms with Gasteiger partial charge in [0.05, 0.1) is 6.42 Å². The predicted octanol–water partition coefficient (Wildman–Crippen LogP) is -0.286. The second-order valence-electron chi connectivity index (χ2n) is 3.04. The van der Waals surface area contributed by atoms with Crippen LogP contribution in [0.4, 0.5) is 4.79 Å². The summed E-state index contributed by atoms with van der Waals surface area (Å²) in [6.07, 6.45) is 0.150. The highest BCUT2D eigenvalue weighted by atomic mass is 16.5. The summed E-state index contributed by atoms with van der Waals surface area (Å²) in [5.74, 6) is -1.68. The molecule has 0 radical (unpaired) electrons. The van der Waals surface area contributed by atoms with E-state index in [1.165, 1.54) is 0 Å². The van der Waals surface area contributed by atoms with Crippen molar-refractivity contribution in [1.82, 2.24) is 10.6 Å². The molecular weight excluding hydrogens is 216 g/mol. The number of hydrogen-bond donors (Lipinski definition) is 3. The molecule has 92 valence electrons. The molecule has 3 N–H and O–H groups in total. The normalized spacial score (nSPS) is 9.56. The number of carbonyl (C=O) groups is 3. The molecule has 0 fully saturated rings. The van der Waals surface area contributed by atoms with Gasteiger partial charge in [-0.1, -0.05) is 0 Å². The van der Waals surface area contributed by atoms with E-state index in [2.05, 4.69) is 5.32 Å². The summed E-state index contributed by atoms with van der Waals surface area (Å²) in [4.78, 5) is 32.2. The lowest BCUT2D eigenvalue weighted by molar-refractivity contribution is -0.138. The Morgan fingerprint density at radius 1 is 1.25 bits per heavy atom. The summed E-state index contributed by atoms with van der Waals surface area (Å²) in [6.45, 7) is 0.916. The van der Waals surface area contributed by atoms with E-state index in [0.29, 0.717) is 19.6 Å². The Hall–Kier alpha value is -1.63. The smallest absolute Gasteiger partial charge is 0.321 e. The lowest BCUT2D eigenvalue weighted by Crippen LogP contribution is -2.40. The van der Waals surface area contributed by atoms with Gasteiger partial charge in [-0.15, -0.1) is 0 Å². The first-order chi connectivity index (χ1) is 7.56. The Kier molecular flexibility index (Phi) is 7.78. The van der Waals surface area contributed by atoms with Crippen LogP contribution in [0.25, 0.3) is 0 Å². The van der Waals surface area contributed by atoms with E-state index >= 15 is 0 Å². The van der Waals surface area contributed by atoms with Crippen molar-refractivity contribution in [3.63, 3.8) is 0 Å². The molecule has 0 rings (SSSR count). The second-order valence-corrected chi connectivity index (χ2v) is 3.04. The molecule has 0 unspecified atom stereocenters. The Balaban J connectivity index is 3.54. The first-order valence-electron chi connectivity index (χ1n) is 4.84. The number of carbonyl (C=O) groups excluding carboxylic acids is 2. The maximum atomic E-state index is 11.0. The van der Waals surface area contributed by atoms with Crippen LogP contribution in [0.2, 0.25) is 0 Å². The minimum absolute atomic E-state index is 0.208. The summed E-state index contributed by atoms with van der Waals surface area (Å²) < 4.78 is 4.77. The van der Waals surface area contributed by atoms with Crippen LogP contribution in [0.15, 0.2) is 0 Å². The number of aliphatic carboxylic acids is 1. The molecule has 0 saturated heterocycles. The SMILES string of the molecule is COCCCNC(=O)NC(=O)CCC(=O)O. The van der Waals surface area contributed by atoms with E-state index < -0.39 is 17.9 Å². The van der Waals surface area contributed by atoms with Gasteiger partial charge in [0.2, 0.25) is 5.91 Å². The Morgan fingerprint density at radius 3 is 2.50 bits per heavy atom. The third-order valence-corrected chi connectivity index (χ3v) is 1.63. The number of amides is 3. The minimum atomic E-state index is -1.07. The van der Waals surface area contributed by atoms with E-state index in [-0.39, 0.29) is 12.8 Å². The van der Waals surface area contributed by atoms with E-state index in [1.807, 2.05) is 5.32 Å². The zero-order valence-corrected chi connectivity index (χ0v) is 9.12. The fraction of sp³-hybridized carbons (Fsp3) is 0.667. The quantitative estimate of drug-likeness (QED) is 0.523. The van der Waals surface area contributed by atoms with E-state index in [4.69, 9.17) is 9.84 Å². The van der Waals surface area contributed by atoms with Crippen molar-refractivity contribution < 1.29 is 24.2 Å². The number of ether oxygens (including phenoxy) is 1. The standard InChI is InChI=1S/C9H16N2O5/c1-16-6-2-5-10-9(15)11-7(12)3-4-8(13)14/h2-6H2,1H3,(H,13,14)(H2,10,11,12,15). The summed E-state index contributed by atoms with van der Waals surface area (Å²) in [7, 11) is 1.55. The maximum Gasteiger partial charge on any atom is 0.321 e. The van der Waals surface area contributed by atoms with Crippen LogP contribution in [-0.2, 0) is 14.3 Å². The van der Waals surface area contributed by atoms with Gasteiger partial charge in [-0.3, -0.25) is 14.9 Å². The van der Waals surface area contributed by atoms with Crippen LogP contribution in [0.5, 0.6) is 0 Å². The topological polar surface area (TPSA) is 105 Å². The van der Waals surface area contributed by atoms with E-state index in [1.54, 1.807) is 7.11 Å². The Bertz CT molecular complexity index is 254. The molecule has 0 aliphatic rings. The summed E-state index contributed by atoms with van der Waals surface area (Å²) >= 11 is 0. The predicted molar refractivity (Wildman–Crippen MR) is 54.9 cm³/mol. The molecular formula is C9H16N2O5. The van der Waals surface area contributed by atoms with Gasteiger partial charge in [-0.25, -0.2) is 4.79 Å². The van der Waals surface area contributed by atoms with Crippen molar-refractivity contribution in [1.29, 1.82) is 0 Å². The molecule has 0 saturated carbocycles. The highest BCUT2D eigenvalue weighted by Crippen LogP contribution is 1.88. The van der Waals surface area contributed by atoms with E-state index in [9.17, 15) is 14.4 Å². The maximum absolute atomic E-state index is 11.0. The number of hydrogen-bond acceptors (Lipinski definition) is 4. The van der Waals surface area contributed by atoms with Crippen LogP contribution in [0.3, 0.4) is 0 Å². The number of carboxylic acids is 1. The average molecular weight is 232 g/mol. The molecule has 7 heteroatoms. The lowest BCUT2D eigenvalue weighted by Gasteiger charge is -2.05. The van der Waals surface area contributed by atoms with Crippen molar-refractivity contribution in [3.05, 3.63) is 0 Å². The summed E-state index contributed by atoms with van der Waals surface area (Å²) in [6, 6.07) is -0.619. The molecule has 0 atom stereocenters. The van der Waals surface area contributed by atoms with Crippen LogP contribution < -0.4 is 10.6 Å². The number of carboxylic acid groups (broad SMARTS) is 1. The van der Waals surface area contributed by atoms with Gasteiger partial charge in [-0.05, 0) is 6.42 Å². The van der Waals surface area contributed by atoms with Crippen molar-refractivity contribution in [3.8, 4) is 0 Å². The largest absolute Gasteiger partial charge is 0.481 e. The second kappa shape index (κ2) is 8.66. The van der Waals surface area contributed by atoms with Gasteiger partial charge in [0.25, 0.3) is 0 Å². The van der Waals surface area contributed by atoms with Gasteiger partial charge in [0, 0.05) is 26.7 Å². The molecule has 7 nitrogen and oxygen atoms in total. The zero-order valence-electron chi connectivity index (χ0n) is 9.12. The lowest BCUT2D eigenvalue weighted by atomic mass is 10.3. The molecule has 16 heavy (non-hydrogen) atoms. The van der Waals surface area contributed by atoms with Gasteiger partial charge in [0.1, 0.15) is 0 Å². The third-order valence-electron chi connectivity index (χ3n) is 1.63. The fourth-order valence-electron chi connectivity index (χ4n) is 0.872. The highest BCUT2D eigenvalue weighted by molar-refractivity contribution is 5.95. The van der Waals surface area contributed by atoms with Gasteiger partial charge >= 0.3 is 12.0 Å². The molecule has 0 aromatic heterocycles. The van der Waals surface area contributed by atoms with Gasteiger partial charge in [0.15, 0.2) is 0 Å². The van der Waals surface area contributed by atoms with Gasteiger partial charge in [-0.2, -0.15) is 0 Å². The summed E-state index contributed by atoms with van der Waals surface area (Å²) in [5, 5.41) is 12.8. The van der Waals surface area contributed by atoms with Crippen molar-refractivity contribution in [2.45, 2.75) is 19.3 Å². The first-order valence-corrected chi connectivity index (χ1v) is 4.84.